The molecule has 7 nitrogen and oxygen atoms in total. The van der Waals surface area contributed by atoms with E-state index in [0.29, 0.717) is 22.6 Å². The van der Waals surface area contributed by atoms with Crippen LogP contribution in [0.25, 0.3) is 0 Å². The molecular weight excluding hydrogens is 356 g/mol. The molecular formula is C21H14N4O3. The van der Waals surface area contributed by atoms with Crippen LogP contribution in [0, 0.1) is 11.3 Å². The van der Waals surface area contributed by atoms with Gasteiger partial charge in [-0.25, -0.2) is 4.79 Å². The second kappa shape index (κ2) is 5.47. The minimum atomic E-state index is -1.61. The van der Waals surface area contributed by atoms with Crippen molar-refractivity contribution in [3.05, 3.63) is 82.8 Å². The van der Waals surface area contributed by atoms with Crippen molar-refractivity contribution in [3.63, 3.8) is 0 Å². The van der Waals surface area contributed by atoms with Crippen molar-refractivity contribution < 1.29 is 14.3 Å². The molecule has 1 amide bonds. The Hall–Kier alpha value is -4.05. The van der Waals surface area contributed by atoms with E-state index < -0.39 is 17.3 Å². The molecule has 0 aromatic heterocycles. The second-order valence-corrected chi connectivity index (χ2v) is 6.69. The molecule has 1 atom stereocenters. The Balaban J connectivity index is 1.88. The molecule has 0 saturated heterocycles. The standard InChI is InChI=1S/C21H14N4O3/c22-10-14-18(23)25(12-6-2-1-3-7-12)16-11-28-19(26)17(16)21(14)13-8-4-5-9-15(13)24-20(21)27/h1-9H,11,23H2,(H,24,27)/t21-/m0/s1. The van der Waals surface area contributed by atoms with Crippen molar-refractivity contribution in [1.82, 2.24) is 0 Å². The number of rotatable bonds is 1. The van der Waals surface area contributed by atoms with Gasteiger partial charge in [0, 0.05) is 16.9 Å². The third-order valence-corrected chi connectivity index (χ3v) is 5.40. The maximum Gasteiger partial charge on any atom is 0.338 e. The monoisotopic (exact) mass is 370 g/mol. The molecule has 0 bridgehead atoms. The van der Waals surface area contributed by atoms with Gasteiger partial charge in [-0.2, -0.15) is 5.26 Å². The SMILES string of the molecule is N#CC1=C(N)N(c2ccccc2)C2=C(C(=O)OC2)[C@@]12C(=O)Nc1ccccc12. The first-order chi connectivity index (χ1) is 13.6. The molecule has 0 aliphatic carbocycles. The zero-order valence-corrected chi connectivity index (χ0v) is 14.6. The van der Waals surface area contributed by atoms with E-state index in [0.717, 1.165) is 0 Å². The molecule has 3 aliphatic heterocycles. The number of nitriles is 1. The van der Waals surface area contributed by atoms with Crippen LogP contribution in [0.3, 0.4) is 0 Å². The summed E-state index contributed by atoms with van der Waals surface area (Å²) < 4.78 is 5.32. The van der Waals surface area contributed by atoms with E-state index >= 15 is 0 Å². The first-order valence-electron chi connectivity index (χ1n) is 8.68. The van der Waals surface area contributed by atoms with Gasteiger partial charge < -0.3 is 15.8 Å². The fourth-order valence-electron chi connectivity index (χ4n) is 4.28. The van der Waals surface area contributed by atoms with Gasteiger partial charge in [0.05, 0.1) is 16.8 Å². The molecule has 0 unspecified atom stereocenters. The number of nitrogens with zero attached hydrogens (tertiary/aromatic N) is 2. The molecule has 7 heteroatoms. The number of nitrogens with one attached hydrogen (secondary N) is 1. The quantitative estimate of drug-likeness (QED) is 0.742. The lowest BCUT2D eigenvalue weighted by Crippen LogP contribution is -2.48. The Morgan fingerprint density at radius 2 is 1.82 bits per heavy atom. The second-order valence-electron chi connectivity index (χ2n) is 6.69. The van der Waals surface area contributed by atoms with Crippen LogP contribution in [0.1, 0.15) is 5.56 Å². The molecule has 2 aromatic carbocycles. The van der Waals surface area contributed by atoms with Crippen LogP contribution in [0.2, 0.25) is 0 Å². The van der Waals surface area contributed by atoms with E-state index in [1.165, 1.54) is 0 Å². The lowest BCUT2D eigenvalue weighted by molar-refractivity contribution is -0.137. The maximum atomic E-state index is 13.2. The highest BCUT2D eigenvalue weighted by Crippen LogP contribution is 2.54. The molecule has 3 N–H and O–H groups in total. The Kier molecular flexibility index (Phi) is 3.16. The van der Waals surface area contributed by atoms with E-state index in [-0.39, 0.29) is 23.6 Å². The largest absolute Gasteiger partial charge is 0.456 e. The van der Waals surface area contributed by atoms with Crippen LogP contribution < -0.4 is 16.0 Å². The smallest absolute Gasteiger partial charge is 0.338 e. The van der Waals surface area contributed by atoms with E-state index in [2.05, 4.69) is 11.4 Å². The van der Waals surface area contributed by atoms with Gasteiger partial charge in [0.2, 0.25) is 5.91 Å². The average molecular weight is 370 g/mol. The van der Waals surface area contributed by atoms with Gasteiger partial charge in [-0.05, 0) is 18.2 Å². The number of ether oxygens (including phenoxy) is 1. The van der Waals surface area contributed by atoms with E-state index in [4.69, 9.17) is 10.5 Å². The van der Waals surface area contributed by atoms with Crippen LogP contribution in [0.5, 0.6) is 0 Å². The van der Waals surface area contributed by atoms with Gasteiger partial charge in [-0.15, -0.1) is 0 Å². The van der Waals surface area contributed by atoms with Crippen molar-refractivity contribution in [2.45, 2.75) is 5.41 Å². The van der Waals surface area contributed by atoms with Crippen LogP contribution >= 0.6 is 0 Å². The number of fused-ring (bicyclic) bond motifs is 3. The van der Waals surface area contributed by atoms with Crippen LogP contribution in [0.15, 0.2) is 77.3 Å². The highest BCUT2D eigenvalue weighted by atomic mass is 16.5. The lowest BCUT2D eigenvalue weighted by atomic mass is 9.67. The van der Waals surface area contributed by atoms with Gasteiger partial charge in [-0.1, -0.05) is 36.4 Å². The molecule has 1 spiro atoms. The van der Waals surface area contributed by atoms with Gasteiger partial charge in [0.25, 0.3) is 0 Å². The number of carbonyl (C=O) groups is 2. The maximum absolute atomic E-state index is 13.2. The predicted octanol–water partition coefficient (Wildman–Crippen LogP) is 1.90. The number of hydrogen-bond donors (Lipinski definition) is 2. The number of anilines is 2. The predicted molar refractivity (Wildman–Crippen MR) is 100 cm³/mol. The number of hydrogen-bond acceptors (Lipinski definition) is 6. The number of nitrogens with two attached hydrogens (primary N) is 1. The summed E-state index contributed by atoms with van der Waals surface area (Å²) in [6.45, 7) is -0.0281. The zero-order valence-electron chi connectivity index (χ0n) is 14.6. The molecule has 0 radical (unpaired) electrons. The van der Waals surface area contributed by atoms with Crippen molar-refractivity contribution in [2.75, 3.05) is 16.8 Å². The van der Waals surface area contributed by atoms with Crippen LogP contribution in [-0.4, -0.2) is 18.5 Å². The van der Waals surface area contributed by atoms with E-state index in [1.807, 2.05) is 30.3 Å². The van der Waals surface area contributed by atoms with Crippen molar-refractivity contribution in [3.8, 4) is 6.07 Å². The number of carbonyl (C=O) groups excluding carboxylic acids is 2. The molecule has 28 heavy (non-hydrogen) atoms. The summed E-state index contributed by atoms with van der Waals surface area (Å²) in [6, 6.07) is 18.2. The lowest BCUT2D eigenvalue weighted by Gasteiger charge is -2.38. The van der Waals surface area contributed by atoms with Crippen molar-refractivity contribution in [2.24, 2.45) is 5.73 Å². The highest BCUT2D eigenvalue weighted by molar-refractivity contribution is 6.18. The Labute approximate surface area is 160 Å². The normalized spacial score (nSPS) is 22.8. The van der Waals surface area contributed by atoms with Crippen LogP contribution in [0.4, 0.5) is 11.4 Å². The number of para-hydroxylation sites is 2. The molecule has 136 valence electrons. The van der Waals surface area contributed by atoms with E-state index in [9.17, 15) is 14.9 Å². The third kappa shape index (κ3) is 1.76. The minimum Gasteiger partial charge on any atom is -0.456 e. The Morgan fingerprint density at radius 3 is 2.57 bits per heavy atom. The number of cyclic esters (lactones) is 1. The summed E-state index contributed by atoms with van der Waals surface area (Å²) in [7, 11) is 0. The summed E-state index contributed by atoms with van der Waals surface area (Å²) in [5.41, 5.74) is 7.22. The van der Waals surface area contributed by atoms with Gasteiger partial charge >= 0.3 is 5.97 Å². The van der Waals surface area contributed by atoms with Crippen molar-refractivity contribution >= 4 is 23.3 Å². The summed E-state index contributed by atoms with van der Waals surface area (Å²) in [4.78, 5) is 27.7. The topological polar surface area (TPSA) is 108 Å². The summed E-state index contributed by atoms with van der Waals surface area (Å²) in [5.74, 6) is -0.993. The molecule has 3 aliphatic rings. The fraction of sp³-hybridized carbons (Fsp3) is 0.0952. The number of esters is 1. The fourth-order valence-corrected chi connectivity index (χ4v) is 4.28. The summed E-state index contributed by atoms with van der Waals surface area (Å²) in [6.07, 6.45) is 0. The van der Waals surface area contributed by atoms with Crippen LogP contribution in [-0.2, 0) is 19.7 Å². The Bertz CT molecular complexity index is 1160. The third-order valence-electron chi connectivity index (χ3n) is 5.40. The first-order valence-corrected chi connectivity index (χ1v) is 8.68. The molecule has 2 aromatic rings. The summed E-state index contributed by atoms with van der Waals surface area (Å²) >= 11 is 0. The number of benzene rings is 2. The van der Waals surface area contributed by atoms with Gasteiger partial charge in [0.1, 0.15) is 23.9 Å². The minimum absolute atomic E-state index is 0.0106. The molecule has 0 fully saturated rings. The first kappa shape index (κ1) is 16.1. The highest BCUT2D eigenvalue weighted by Gasteiger charge is 2.61. The average Bonchev–Trinajstić information content (AvgIpc) is 3.22. The van der Waals surface area contributed by atoms with Crippen molar-refractivity contribution in [1.29, 1.82) is 5.26 Å². The van der Waals surface area contributed by atoms with E-state index in [1.54, 1.807) is 29.2 Å². The summed E-state index contributed by atoms with van der Waals surface area (Å²) in [5, 5.41) is 12.8. The number of amides is 1. The molecule has 0 saturated carbocycles. The zero-order chi connectivity index (χ0) is 19.5. The van der Waals surface area contributed by atoms with Gasteiger partial charge in [-0.3, -0.25) is 9.69 Å². The Morgan fingerprint density at radius 1 is 1.11 bits per heavy atom. The molecule has 5 rings (SSSR count). The van der Waals surface area contributed by atoms with Gasteiger partial charge in [0.15, 0.2) is 0 Å². The molecule has 3 heterocycles.